The standard InChI is InChI=1S/C22H25N5O3/c1-15(20(29)24-14-16-7-11-23-12-8-16)27-13-10-22(9-6-19(27)28)25-18-5-3-2-4-17(18)21(30)26-22/h2-5,7-8,11-12,15,25H,6,9-10,13-14H2,1H3,(H,24,29)(H,26,30)/t15-,22+/m1/s1. The zero-order chi connectivity index (χ0) is 21.1. The summed E-state index contributed by atoms with van der Waals surface area (Å²) in [7, 11) is 0. The normalized spacial score (nSPS) is 21.8. The van der Waals surface area contributed by atoms with Crippen LogP contribution in [0.5, 0.6) is 0 Å². The van der Waals surface area contributed by atoms with Crippen LogP contribution in [-0.2, 0) is 16.1 Å². The van der Waals surface area contributed by atoms with Gasteiger partial charge >= 0.3 is 0 Å². The number of pyridine rings is 1. The lowest BCUT2D eigenvalue weighted by Gasteiger charge is -2.40. The van der Waals surface area contributed by atoms with Gasteiger partial charge in [-0.2, -0.15) is 0 Å². The fourth-order valence-electron chi connectivity index (χ4n) is 4.03. The molecule has 2 aliphatic heterocycles. The summed E-state index contributed by atoms with van der Waals surface area (Å²) in [6.45, 7) is 2.49. The van der Waals surface area contributed by atoms with Crippen LogP contribution in [0, 0.1) is 0 Å². The first-order valence-electron chi connectivity index (χ1n) is 10.1. The number of anilines is 1. The van der Waals surface area contributed by atoms with Crippen molar-refractivity contribution < 1.29 is 14.4 Å². The highest BCUT2D eigenvalue weighted by Crippen LogP contribution is 2.32. The Kier molecular flexibility index (Phi) is 5.39. The fraction of sp³-hybridized carbons (Fsp3) is 0.364. The minimum atomic E-state index is -0.691. The molecular formula is C22H25N5O3. The molecule has 1 fully saturated rings. The summed E-state index contributed by atoms with van der Waals surface area (Å²) < 4.78 is 0. The summed E-state index contributed by atoms with van der Waals surface area (Å²) in [6, 6.07) is 10.4. The van der Waals surface area contributed by atoms with Crippen LogP contribution in [0.1, 0.15) is 42.1 Å². The summed E-state index contributed by atoms with van der Waals surface area (Å²) in [4.78, 5) is 43.6. The van der Waals surface area contributed by atoms with Gasteiger partial charge in [0.2, 0.25) is 11.8 Å². The molecule has 8 heteroatoms. The van der Waals surface area contributed by atoms with Crippen molar-refractivity contribution in [3.63, 3.8) is 0 Å². The molecule has 30 heavy (non-hydrogen) atoms. The van der Waals surface area contributed by atoms with E-state index in [9.17, 15) is 14.4 Å². The lowest BCUT2D eigenvalue weighted by atomic mass is 9.95. The number of hydrogen-bond acceptors (Lipinski definition) is 5. The molecule has 0 radical (unpaired) electrons. The molecule has 3 heterocycles. The van der Waals surface area contributed by atoms with Crippen molar-refractivity contribution >= 4 is 23.4 Å². The Morgan fingerprint density at radius 1 is 1.17 bits per heavy atom. The first kappa shape index (κ1) is 19.9. The highest BCUT2D eigenvalue weighted by molar-refractivity contribution is 6.02. The Morgan fingerprint density at radius 2 is 1.93 bits per heavy atom. The number of para-hydroxylation sites is 1. The number of amides is 3. The summed E-state index contributed by atoms with van der Waals surface area (Å²) in [5.74, 6) is -0.441. The summed E-state index contributed by atoms with van der Waals surface area (Å²) in [5, 5.41) is 9.35. The Balaban J connectivity index is 1.42. The highest BCUT2D eigenvalue weighted by atomic mass is 16.2. The van der Waals surface area contributed by atoms with Crippen molar-refractivity contribution in [1.82, 2.24) is 20.5 Å². The van der Waals surface area contributed by atoms with E-state index in [1.165, 1.54) is 0 Å². The summed E-state index contributed by atoms with van der Waals surface area (Å²) >= 11 is 0. The van der Waals surface area contributed by atoms with Gasteiger partial charge in [-0.1, -0.05) is 12.1 Å². The minimum Gasteiger partial charge on any atom is -0.362 e. The van der Waals surface area contributed by atoms with Crippen molar-refractivity contribution in [2.45, 2.75) is 44.4 Å². The van der Waals surface area contributed by atoms with E-state index in [2.05, 4.69) is 20.9 Å². The second-order valence-electron chi connectivity index (χ2n) is 7.79. The average molecular weight is 407 g/mol. The van der Waals surface area contributed by atoms with Crippen LogP contribution >= 0.6 is 0 Å². The van der Waals surface area contributed by atoms with Crippen molar-refractivity contribution in [1.29, 1.82) is 0 Å². The number of nitrogens with zero attached hydrogens (tertiary/aromatic N) is 2. The summed E-state index contributed by atoms with van der Waals surface area (Å²) in [5.41, 5.74) is 1.62. The molecule has 8 nitrogen and oxygen atoms in total. The van der Waals surface area contributed by atoms with Crippen LogP contribution in [0.25, 0.3) is 0 Å². The van der Waals surface area contributed by atoms with Gasteiger partial charge < -0.3 is 20.9 Å². The zero-order valence-corrected chi connectivity index (χ0v) is 16.9. The fourth-order valence-corrected chi connectivity index (χ4v) is 4.03. The first-order valence-corrected chi connectivity index (χ1v) is 10.1. The number of nitrogens with one attached hydrogen (secondary N) is 3. The van der Waals surface area contributed by atoms with Crippen molar-refractivity contribution in [3.05, 3.63) is 59.9 Å². The number of carbonyl (C=O) groups is 3. The zero-order valence-electron chi connectivity index (χ0n) is 16.9. The van der Waals surface area contributed by atoms with Crippen LogP contribution < -0.4 is 16.0 Å². The summed E-state index contributed by atoms with van der Waals surface area (Å²) in [6.07, 6.45) is 4.57. The van der Waals surface area contributed by atoms with E-state index in [4.69, 9.17) is 0 Å². The second kappa shape index (κ2) is 8.14. The predicted molar refractivity (Wildman–Crippen MR) is 111 cm³/mol. The van der Waals surface area contributed by atoms with Crippen LogP contribution in [-0.4, -0.2) is 45.9 Å². The molecule has 0 saturated carbocycles. The Hall–Kier alpha value is -3.42. The molecule has 3 N–H and O–H groups in total. The quantitative estimate of drug-likeness (QED) is 0.715. The number of benzene rings is 1. The molecule has 156 valence electrons. The maximum atomic E-state index is 12.8. The van der Waals surface area contributed by atoms with Gasteiger partial charge in [0, 0.05) is 44.0 Å². The van der Waals surface area contributed by atoms with Crippen molar-refractivity contribution in [3.8, 4) is 0 Å². The molecule has 1 spiro atoms. The van der Waals surface area contributed by atoms with E-state index in [0.29, 0.717) is 31.5 Å². The predicted octanol–water partition coefficient (Wildman–Crippen LogP) is 1.65. The van der Waals surface area contributed by atoms with Crippen molar-refractivity contribution in [2.75, 3.05) is 11.9 Å². The van der Waals surface area contributed by atoms with Gasteiger partial charge in [-0.15, -0.1) is 0 Å². The lowest BCUT2D eigenvalue weighted by molar-refractivity contribution is -0.139. The van der Waals surface area contributed by atoms with Gasteiger partial charge in [-0.3, -0.25) is 19.4 Å². The molecule has 1 aromatic carbocycles. The Labute approximate surface area is 175 Å². The monoisotopic (exact) mass is 407 g/mol. The second-order valence-corrected chi connectivity index (χ2v) is 7.79. The molecule has 2 aliphatic rings. The molecule has 0 unspecified atom stereocenters. The smallest absolute Gasteiger partial charge is 0.255 e. The van der Waals surface area contributed by atoms with Crippen LogP contribution in [0.4, 0.5) is 5.69 Å². The number of hydrogen-bond donors (Lipinski definition) is 3. The van der Waals surface area contributed by atoms with Crippen LogP contribution in [0.2, 0.25) is 0 Å². The molecule has 4 rings (SSSR count). The Bertz CT molecular complexity index is 964. The van der Waals surface area contributed by atoms with E-state index in [0.717, 1.165) is 11.3 Å². The third kappa shape index (κ3) is 3.98. The largest absolute Gasteiger partial charge is 0.362 e. The number of fused-ring (bicyclic) bond motifs is 1. The lowest BCUT2D eigenvalue weighted by Crippen LogP contribution is -2.58. The molecule has 1 aromatic heterocycles. The number of aromatic nitrogens is 1. The van der Waals surface area contributed by atoms with E-state index in [1.807, 2.05) is 30.3 Å². The van der Waals surface area contributed by atoms with Gasteiger partial charge in [-0.25, -0.2) is 0 Å². The molecule has 1 saturated heterocycles. The van der Waals surface area contributed by atoms with Crippen LogP contribution in [0.3, 0.4) is 0 Å². The van der Waals surface area contributed by atoms with Crippen molar-refractivity contribution in [2.24, 2.45) is 0 Å². The third-order valence-corrected chi connectivity index (χ3v) is 5.83. The highest BCUT2D eigenvalue weighted by Gasteiger charge is 2.41. The van der Waals surface area contributed by atoms with Crippen LogP contribution in [0.15, 0.2) is 48.8 Å². The minimum absolute atomic E-state index is 0.0895. The number of rotatable bonds is 4. The molecule has 2 atom stereocenters. The maximum Gasteiger partial charge on any atom is 0.255 e. The molecule has 0 bridgehead atoms. The van der Waals surface area contributed by atoms with E-state index >= 15 is 0 Å². The van der Waals surface area contributed by atoms with Gasteiger partial charge in [-0.05, 0) is 43.2 Å². The number of carbonyl (C=O) groups excluding carboxylic acids is 3. The van der Waals surface area contributed by atoms with E-state index in [-0.39, 0.29) is 24.1 Å². The molecule has 2 aromatic rings. The number of likely N-dealkylation sites (tertiary alicyclic amines) is 1. The molecular weight excluding hydrogens is 382 g/mol. The van der Waals surface area contributed by atoms with Gasteiger partial charge in [0.25, 0.3) is 5.91 Å². The SMILES string of the molecule is C[C@H](C(=O)NCc1ccncc1)N1CC[C@]2(CCC1=O)NC(=O)c1ccccc1N2. The maximum absolute atomic E-state index is 12.8. The average Bonchev–Trinajstić information content (AvgIpc) is 2.91. The van der Waals surface area contributed by atoms with Gasteiger partial charge in [0.1, 0.15) is 11.7 Å². The third-order valence-electron chi connectivity index (χ3n) is 5.83. The van der Waals surface area contributed by atoms with Gasteiger partial charge in [0.15, 0.2) is 0 Å². The van der Waals surface area contributed by atoms with Gasteiger partial charge in [0.05, 0.1) is 5.56 Å². The first-order chi connectivity index (χ1) is 14.5. The Morgan fingerprint density at radius 3 is 2.73 bits per heavy atom. The molecule has 0 aliphatic carbocycles. The topological polar surface area (TPSA) is 103 Å². The van der Waals surface area contributed by atoms with E-state index < -0.39 is 11.7 Å². The van der Waals surface area contributed by atoms with E-state index in [1.54, 1.807) is 30.3 Å². The molecule has 3 amide bonds.